The molecule has 1 radical (unpaired) electrons. The highest BCUT2D eigenvalue weighted by molar-refractivity contribution is 5.76. The zero-order chi connectivity index (χ0) is 8.67. The summed E-state index contributed by atoms with van der Waals surface area (Å²) in [6, 6.07) is 7.82. The molecule has 0 fully saturated rings. The van der Waals surface area contributed by atoms with Crippen molar-refractivity contribution in [3.8, 4) is 0 Å². The molecule has 0 bridgehead atoms. The van der Waals surface area contributed by atoms with E-state index in [1.54, 1.807) is 6.33 Å². The summed E-state index contributed by atoms with van der Waals surface area (Å²) in [4.78, 5) is 4.13. The van der Waals surface area contributed by atoms with E-state index in [9.17, 15) is 0 Å². The van der Waals surface area contributed by atoms with Crippen LogP contribution in [0.4, 0.5) is 0 Å². The first kappa shape index (κ1) is 6.54. The van der Waals surface area contributed by atoms with Gasteiger partial charge in [0.15, 0.2) is 5.65 Å². The van der Waals surface area contributed by atoms with Crippen molar-refractivity contribution >= 4 is 16.7 Å². The van der Waals surface area contributed by atoms with Crippen LogP contribution in [0.2, 0.25) is 0 Å². The largest absolute Gasteiger partial charge is 0.278 e. The van der Waals surface area contributed by atoms with Gasteiger partial charge in [-0.1, -0.05) is 12.1 Å². The molecule has 61 valence electrons. The van der Waals surface area contributed by atoms with Crippen molar-refractivity contribution in [3.63, 3.8) is 0 Å². The van der Waals surface area contributed by atoms with E-state index < -0.39 is 0 Å². The zero-order valence-corrected chi connectivity index (χ0v) is 6.68. The van der Waals surface area contributed by atoms with E-state index in [-0.39, 0.29) is 0 Å². The molecule has 13 heavy (non-hydrogen) atoms. The Kier molecular flexibility index (Phi) is 1.14. The van der Waals surface area contributed by atoms with Gasteiger partial charge in [0.1, 0.15) is 12.5 Å². The van der Waals surface area contributed by atoms with Crippen LogP contribution in [0.25, 0.3) is 16.7 Å². The van der Waals surface area contributed by atoms with Crippen LogP contribution in [0.1, 0.15) is 0 Å². The molecule has 0 N–H and O–H groups in total. The van der Waals surface area contributed by atoms with Crippen LogP contribution in [0, 0.1) is 6.20 Å². The fourth-order valence-electron chi connectivity index (χ4n) is 1.36. The quantitative estimate of drug-likeness (QED) is 0.505. The lowest BCUT2D eigenvalue weighted by atomic mass is 10.3. The summed E-state index contributed by atoms with van der Waals surface area (Å²) in [5, 5.41) is 7.66. The molecule has 3 rings (SSSR count). The maximum atomic E-state index is 4.13. The zero-order valence-electron chi connectivity index (χ0n) is 6.68. The highest BCUT2D eigenvalue weighted by Gasteiger charge is 2.00. The number of para-hydroxylation sites is 2. The van der Waals surface area contributed by atoms with Crippen LogP contribution < -0.4 is 0 Å². The Morgan fingerprint density at radius 3 is 3.15 bits per heavy atom. The predicted octanol–water partition coefficient (Wildman–Crippen LogP) is 1.08. The van der Waals surface area contributed by atoms with Gasteiger partial charge in [-0.15, -0.1) is 10.2 Å². The molecule has 1 aromatic carbocycles. The molecule has 0 aliphatic rings. The lowest BCUT2D eigenvalue weighted by Gasteiger charge is -1.97. The minimum atomic E-state index is 0.652. The molecule has 0 aliphatic heterocycles. The van der Waals surface area contributed by atoms with Crippen LogP contribution >= 0.6 is 0 Å². The number of aromatic nitrogens is 4. The topological polar surface area (TPSA) is 43.1 Å². The van der Waals surface area contributed by atoms with Crippen molar-refractivity contribution in [2.45, 2.75) is 0 Å². The summed E-state index contributed by atoms with van der Waals surface area (Å²) < 4.78 is 1.86. The third-order valence-electron chi connectivity index (χ3n) is 1.97. The normalized spacial score (nSPS) is 11.1. The lowest BCUT2D eigenvalue weighted by molar-refractivity contribution is 1.11. The number of hydrogen-bond acceptors (Lipinski definition) is 3. The molecule has 0 saturated heterocycles. The molecular formula is C9H5N4. The summed E-state index contributed by atoms with van der Waals surface area (Å²) in [5.41, 5.74) is 2.55. The lowest BCUT2D eigenvalue weighted by Crippen LogP contribution is -1.89. The van der Waals surface area contributed by atoms with E-state index in [2.05, 4.69) is 21.4 Å². The third-order valence-corrected chi connectivity index (χ3v) is 1.97. The molecule has 0 saturated carbocycles. The predicted molar refractivity (Wildman–Crippen MR) is 47.1 cm³/mol. The second kappa shape index (κ2) is 2.26. The van der Waals surface area contributed by atoms with E-state index in [0.29, 0.717) is 5.65 Å². The van der Waals surface area contributed by atoms with Gasteiger partial charge >= 0.3 is 0 Å². The molecule has 3 aromatic rings. The van der Waals surface area contributed by atoms with Crippen molar-refractivity contribution in [2.75, 3.05) is 0 Å². The number of benzene rings is 1. The fourth-order valence-corrected chi connectivity index (χ4v) is 1.36. The van der Waals surface area contributed by atoms with Gasteiger partial charge < -0.3 is 0 Å². The molecule has 2 aromatic heterocycles. The SMILES string of the molecule is [c]1nc2ccccc2n2cnnc12. The van der Waals surface area contributed by atoms with Gasteiger partial charge in [-0.3, -0.25) is 4.40 Å². The van der Waals surface area contributed by atoms with E-state index >= 15 is 0 Å². The smallest absolute Gasteiger partial charge is 0.189 e. The minimum absolute atomic E-state index is 0.652. The maximum absolute atomic E-state index is 4.13. The van der Waals surface area contributed by atoms with Crippen LogP contribution in [-0.4, -0.2) is 19.6 Å². The molecule has 4 heteroatoms. The average Bonchev–Trinajstić information content (AvgIpc) is 2.65. The van der Waals surface area contributed by atoms with E-state index in [1.165, 1.54) is 0 Å². The Balaban J connectivity index is 2.65. The van der Waals surface area contributed by atoms with Crippen molar-refractivity contribution in [2.24, 2.45) is 0 Å². The molecule has 0 amide bonds. The van der Waals surface area contributed by atoms with E-state index in [0.717, 1.165) is 11.0 Å². The third kappa shape index (κ3) is 0.823. The summed E-state index contributed by atoms with van der Waals surface area (Å²) in [6.45, 7) is 0. The minimum Gasteiger partial charge on any atom is -0.278 e. The second-order valence-electron chi connectivity index (χ2n) is 2.74. The number of hydrogen-bond donors (Lipinski definition) is 0. The Labute approximate surface area is 73.9 Å². The van der Waals surface area contributed by atoms with Gasteiger partial charge in [0.05, 0.1) is 11.0 Å². The van der Waals surface area contributed by atoms with Crippen LogP contribution in [0.15, 0.2) is 30.6 Å². The van der Waals surface area contributed by atoms with Crippen LogP contribution in [0.3, 0.4) is 0 Å². The fraction of sp³-hybridized carbons (Fsp3) is 0. The molecule has 0 aliphatic carbocycles. The number of fused-ring (bicyclic) bond motifs is 3. The maximum Gasteiger partial charge on any atom is 0.189 e. The summed E-state index contributed by atoms with van der Waals surface area (Å²) in [6.07, 6.45) is 4.48. The Morgan fingerprint density at radius 2 is 2.15 bits per heavy atom. The molecule has 0 spiro atoms. The second-order valence-corrected chi connectivity index (χ2v) is 2.74. The van der Waals surface area contributed by atoms with Crippen molar-refractivity contribution in [1.82, 2.24) is 19.6 Å². The van der Waals surface area contributed by atoms with Gasteiger partial charge in [0.25, 0.3) is 0 Å². The summed E-state index contributed by atoms with van der Waals surface area (Å²) >= 11 is 0. The molecular weight excluding hydrogens is 164 g/mol. The summed E-state index contributed by atoms with van der Waals surface area (Å²) in [5.74, 6) is 0. The first-order valence-electron chi connectivity index (χ1n) is 3.91. The highest BCUT2D eigenvalue weighted by atomic mass is 15.2. The molecule has 2 heterocycles. The Hall–Kier alpha value is -1.97. The standard InChI is InChI=1S/C9H5N4/c1-2-4-8-7(3-1)10-5-9-12-11-6-13(8)9/h1-4,6H. The van der Waals surface area contributed by atoms with Crippen LogP contribution in [-0.2, 0) is 0 Å². The first-order valence-corrected chi connectivity index (χ1v) is 3.91. The number of nitrogens with zero attached hydrogens (tertiary/aromatic N) is 4. The molecule has 0 unspecified atom stereocenters. The van der Waals surface area contributed by atoms with Crippen molar-refractivity contribution in [1.29, 1.82) is 0 Å². The van der Waals surface area contributed by atoms with Gasteiger partial charge in [-0.05, 0) is 12.1 Å². The van der Waals surface area contributed by atoms with Gasteiger partial charge in [-0.2, -0.15) is 0 Å². The average molecular weight is 169 g/mol. The first-order chi connectivity index (χ1) is 6.45. The van der Waals surface area contributed by atoms with Gasteiger partial charge in [0, 0.05) is 0 Å². The number of rotatable bonds is 0. The summed E-state index contributed by atoms with van der Waals surface area (Å²) in [7, 11) is 0. The van der Waals surface area contributed by atoms with Gasteiger partial charge in [-0.25, -0.2) is 4.98 Å². The van der Waals surface area contributed by atoms with Crippen LogP contribution in [0.5, 0.6) is 0 Å². The van der Waals surface area contributed by atoms with E-state index in [4.69, 9.17) is 0 Å². The Morgan fingerprint density at radius 1 is 1.23 bits per heavy atom. The molecule has 4 nitrogen and oxygen atoms in total. The molecule has 0 atom stereocenters. The Bertz CT molecular complexity index is 570. The van der Waals surface area contributed by atoms with Gasteiger partial charge in [0.2, 0.25) is 0 Å². The van der Waals surface area contributed by atoms with E-state index in [1.807, 2.05) is 28.7 Å². The highest BCUT2D eigenvalue weighted by Crippen LogP contribution is 2.10. The monoisotopic (exact) mass is 169 g/mol. The van der Waals surface area contributed by atoms with Crippen molar-refractivity contribution < 1.29 is 0 Å². The van der Waals surface area contributed by atoms with Crippen molar-refractivity contribution in [3.05, 3.63) is 36.8 Å².